The van der Waals surface area contributed by atoms with Crippen molar-refractivity contribution in [1.29, 1.82) is 0 Å². The van der Waals surface area contributed by atoms with Crippen LogP contribution >= 0.6 is 11.6 Å². The Morgan fingerprint density at radius 1 is 1.15 bits per heavy atom. The van der Waals surface area contributed by atoms with Gasteiger partial charge in [-0.25, -0.2) is 9.99 Å². The third-order valence-electron chi connectivity index (χ3n) is 5.69. The molecular formula is C25H24ClN3O4. The van der Waals surface area contributed by atoms with Crippen LogP contribution in [0.25, 0.3) is 10.9 Å². The molecule has 170 valence electrons. The van der Waals surface area contributed by atoms with Gasteiger partial charge >= 0.3 is 5.97 Å². The number of hydrogen-bond donors (Lipinski definition) is 1. The van der Waals surface area contributed by atoms with Crippen LogP contribution in [0.15, 0.2) is 53.6 Å². The number of fused-ring (bicyclic) bond motifs is 1. The van der Waals surface area contributed by atoms with Gasteiger partial charge in [-0.15, -0.1) is 0 Å². The summed E-state index contributed by atoms with van der Waals surface area (Å²) in [5.74, 6) is -0.479. The number of aromatic nitrogens is 1. The number of carboxylic acid groups (broad SMARTS) is 1. The molecule has 4 rings (SSSR count). The lowest BCUT2D eigenvalue weighted by molar-refractivity contribution is -0.137. The maximum absolute atomic E-state index is 13.1. The number of benzene rings is 2. The molecule has 1 N–H and O–H groups in total. The number of hydrazone groups is 1. The van der Waals surface area contributed by atoms with Crippen molar-refractivity contribution in [2.45, 2.75) is 38.6 Å². The van der Waals surface area contributed by atoms with Crippen molar-refractivity contribution in [3.63, 3.8) is 0 Å². The monoisotopic (exact) mass is 465 g/mol. The minimum absolute atomic E-state index is 0.0726. The summed E-state index contributed by atoms with van der Waals surface area (Å²) in [5, 5.41) is 16.2. The first kappa shape index (κ1) is 22.7. The average molecular weight is 466 g/mol. The molecule has 0 unspecified atom stereocenters. The number of aryl methyl sites for hydroxylation is 1. The number of carbonyl (C=O) groups is 2. The predicted octanol–water partition coefficient (Wildman–Crippen LogP) is 5.14. The van der Waals surface area contributed by atoms with E-state index in [-0.39, 0.29) is 25.2 Å². The molecule has 1 aliphatic heterocycles. The Labute approximate surface area is 196 Å². The van der Waals surface area contributed by atoms with Crippen LogP contribution in [0.3, 0.4) is 0 Å². The number of halogens is 1. The van der Waals surface area contributed by atoms with Crippen molar-refractivity contribution in [2.75, 3.05) is 7.11 Å². The van der Waals surface area contributed by atoms with Gasteiger partial charge in [0.15, 0.2) is 0 Å². The number of aliphatic carboxylic acids is 1. The van der Waals surface area contributed by atoms with Crippen molar-refractivity contribution in [1.82, 2.24) is 9.99 Å². The number of carbonyl (C=O) groups excluding carboxylic acids is 1. The Hall–Kier alpha value is -3.45. The highest BCUT2D eigenvalue weighted by Crippen LogP contribution is 2.38. The summed E-state index contributed by atoms with van der Waals surface area (Å²) in [6, 6.07) is 15.0. The van der Waals surface area contributed by atoms with Crippen LogP contribution in [-0.4, -0.2) is 39.8 Å². The molecule has 1 aromatic heterocycles. The summed E-state index contributed by atoms with van der Waals surface area (Å²) in [7, 11) is 1.60. The van der Waals surface area contributed by atoms with Crippen molar-refractivity contribution in [3.8, 4) is 5.75 Å². The lowest BCUT2D eigenvalue weighted by Crippen LogP contribution is -2.27. The highest BCUT2D eigenvalue weighted by Gasteiger charge is 2.34. The molecule has 2 heterocycles. The summed E-state index contributed by atoms with van der Waals surface area (Å²) >= 11 is 6.58. The van der Waals surface area contributed by atoms with Gasteiger partial charge in [-0.2, -0.15) is 5.10 Å². The predicted molar refractivity (Wildman–Crippen MR) is 127 cm³/mol. The van der Waals surface area contributed by atoms with Crippen LogP contribution < -0.4 is 4.74 Å². The smallest absolute Gasteiger partial charge is 0.303 e. The number of carboxylic acids is 1. The molecule has 0 radical (unpaired) electrons. The van der Waals surface area contributed by atoms with Gasteiger partial charge in [0.2, 0.25) is 5.91 Å². The van der Waals surface area contributed by atoms with E-state index in [1.54, 1.807) is 7.11 Å². The molecule has 0 saturated heterocycles. The highest BCUT2D eigenvalue weighted by atomic mass is 35.5. The summed E-state index contributed by atoms with van der Waals surface area (Å²) in [6.07, 6.45) is 0.731. The van der Waals surface area contributed by atoms with Crippen molar-refractivity contribution < 1.29 is 19.4 Å². The fraction of sp³-hybridized carbons (Fsp3) is 0.280. The average Bonchev–Trinajstić information content (AvgIpc) is 3.23. The topological polar surface area (TPSA) is 92.1 Å². The summed E-state index contributed by atoms with van der Waals surface area (Å²) in [6.45, 7) is 2.01. The highest BCUT2D eigenvalue weighted by molar-refractivity contribution is 6.30. The lowest BCUT2D eigenvalue weighted by Gasteiger charge is -2.23. The Morgan fingerprint density at radius 3 is 2.61 bits per heavy atom. The van der Waals surface area contributed by atoms with Gasteiger partial charge in [-0.3, -0.25) is 9.59 Å². The minimum Gasteiger partial charge on any atom is -0.497 e. The third kappa shape index (κ3) is 4.98. The SMILES string of the molecule is COc1ccc2nc(Cl)c([C@H]3CC(c4ccc(C)cc4)=NN3C(=O)CCCC(=O)O)cc2c1. The van der Waals surface area contributed by atoms with Crippen LogP contribution in [-0.2, 0) is 9.59 Å². The Bertz CT molecular complexity index is 1240. The number of ether oxygens (including phenoxy) is 1. The fourth-order valence-corrected chi connectivity index (χ4v) is 4.19. The van der Waals surface area contributed by atoms with E-state index in [4.69, 9.17) is 21.4 Å². The maximum Gasteiger partial charge on any atom is 0.303 e. The van der Waals surface area contributed by atoms with Gasteiger partial charge in [-0.1, -0.05) is 41.4 Å². The van der Waals surface area contributed by atoms with E-state index >= 15 is 0 Å². The van der Waals surface area contributed by atoms with Gasteiger partial charge in [0, 0.05) is 30.2 Å². The summed E-state index contributed by atoms with van der Waals surface area (Å²) in [4.78, 5) is 28.5. The van der Waals surface area contributed by atoms with E-state index in [0.717, 1.165) is 27.7 Å². The van der Waals surface area contributed by atoms with Gasteiger partial charge < -0.3 is 9.84 Å². The van der Waals surface area contributed by atoms with Gasteiger partial charge in [0.1, 0.15) is 10.9 Å². The number of rotatable bonds is 7. The molecule has 1 aliphatic rings. The first-order valence-corrected chi connectivity index (χ1v) is 11.1. The van der Waals surface area contributed by atoms with E-state index in [2.05, 4.69) is 10.1 Å². The number of pyridine rings is 1. The van der Waals surface area contributed by atoms with Gasteiger partial charge in [0.05, 0.1) is 24.4 Å². The Morgan fingerprint density at radius 2 is 1.91 bits per heavy atom. The molecule has 7 nitrogen and oxygen atoms in total. The number of methoxy groups -OCH3 is 1. The first-order valence-electron chi connectivity index (χ1n) is 10.7. The summed E-state index contributed by atoms with van der Waals surface area (Å²) in [5.41, 5.74) is 4.24. The van der Waals surface area contributed by atoms with Gasteiger partial charge in [-0.05, 0) is 43.2 Å². The zero-order chi connectivity index (χ0) is 23.5. The minimum atomic E-state index is -0.930. The molecule has 0 fully saturated rings. The zero-order valence-corrected chi connectivity index (χ0v) is 19.2. The fourth-order valence-electron chi connectivity index (χ4n) is 3.92. The second kappa shape index (κ2) is 9.58. The quantitative estimate of drug-likeness (QED) is 0.488. The molecule has 3 aromatic rings. The van der Waals surface area contributed by atoms with Crippen LogP contribution in [0.1, 0.15) is 48.4 Å². The molecule has 2 aromatic carbocycles. The Kier molecular flexibility index (Phi) is 6.60. The second-order valence-electron chi connectivity index (χ2n) is 8.05. The zero-order valence-electron chi connectivity index (χ0n) is 18.4. The van der Waals surface area contributed by atoms with Crippen LogP contribution in [0.5, 0.6) is 5.75 Å². The standard InChI is InChI=1S/C25H24ClN3O4/c1-15-6-8-16(9-7-15)21-14-22(29(28-21)23(30)4-3-5-24(31)32)19-13-17-12-18(33-2)10-11-20(17)27-25(19)26/h6-13,22H,3-5,14H2,1-2H3,(H,31,32)/t22-/m1/s1. The van der Waals surface area contributed by atoms with Crippen LogP contribution in [0.4, 0.5) is 0 Å². The molecule has 0 saturated carbocycles. The number of amides is 1. The molecule has 0 spiro atoms. The molecule has 0 bridgehead atoms. The van der Waals surface area contributed by atoms with Crippen LogP contribution in [0, 0.1) is 6.92 Å². The molecular weight excluding hydrogens is 442 g/mol. The van der Waals surface area contributed by atoms with Crippen molar-refractivity contribution in [2.24, 2.45) is 5.10 Å². The van der Waals surface area contributed by atoms with Gasteiger partial charge in [0.25, 0.3) is 0 Å². The largest absolute Gasteiger partial charge is 0.497 e. The van der Waals surface area contributed by atoms with Crippen molar-refractivity contribution in [3.05, 3.63) is 70.4 Å². The maximum atomic E-state index is 13.1. The van der Waals surface area contributed by atoms with E-state index in [1.165, 1.54) is 5.01 Å². The number of nitrogens with zero attached hydrogens (tertiary/aromatic N) is 3. The second-order valence-corrected chi connectivity index (χ2v) is 8.40. The lowest BCUT2D eigenvalue weighted by atomic mass is 9.97. The van der Waals surface area contributed by atoms with E-state index < -0.39 is 12.0 Å². The van der Waals surface area contributed by atoms with E-state index in [9.17, 15) is 9.59 Å². The molecule has 1 amide bonds. The van der Waals surface area contributed by atoms with Crippen LogP contribution in [0.2, 0.25) is 5.15 Å². The first-order chi connectivity index (χ1) is 15.9. The van der Waals surface area contributed by atoms with E-state index in [1.807, 2.05) is 55.5 Å². The molecule has 1 atom stereocenters. The number of hydrogen-bond acceptors (Lipinski definition) is 5. The van der Waals surface area contributed by atoms with E-state index in [0.29, 0.717) is 22.9 Å². The molecule has 33 heavy (non-hydrogen) atoms. The van der Waals surface area contributed by atoms with Crippen molar-refractivity contribution >= 4 is 40.1 Å². The molecule has 0 aliphatic carbocycles. The third-order valence-corrected chi connectivity index (χ3v) is 6.00. The molecule has 8 heteroatoms. The Balaban J connectivity index is 1.71. The summed E-state index contributed by atoms with van der Waals surface area (Å²) < 4.78 is 5.33. The normalized spacial score (nSPS) is 15.5.